The Morgan fingerprint density at radius 3 is 1.33 bits per heavy atom. The Morgan fingerprint density at radius 1 is 0.492 bits per heavy atom. The first kappa shape index (κ1) is 59.2. The fourth-order valence-electron chi connectivity index (χ4n) is 8.97. The van der Waals surface area contributed by atoms with Crippen LogP contribution in [-0.4, -0.2) is 147 Å². The molecule has 63 heavy (non-hydrogen) atoms. The van der Waals surface area contributed by atoms with Crippen LogP contribution >= 0.6 is 0 Å². The van der Waals surface area contributed by atoms with Gasteiger partial charge in [-0.15, -0.1) is 0 Å². The first-order chi connectivity index (χ1) is 30.7. The maximum absolute atomic E-state index is 13.7. The number of unbranched alkanes of at least 4 members (excludes halogenated alkanes) is 12. The van der Waals surface area contributed by atoms with Gasteiger partial charge in [-0.05, 0) is 56.3 Å². The number of aliphatic hydroxyl groups is 1. The standard InChI is InChI=1S/C52H104N6O5/c1-7-13-19-22-28-47(25-16-10-4)41-53-50(60)43-58(44-51(61)54-42-48(26-17-11-5)29-23-20-14-8-2)38-37-57(36-35-55-31-33-56(34-32-55)39-40-59)45-52(62)63-46-49(27-18-12-6)30-24-21-15-9-3/h47-49,59H,7-46H2,1-6H3,(H,53,60)(H,54,61). The molecule has 0 aromatic carbocycles. The fourth-order valence-corrected chi connectivity index (χ4v) is 8.97. The first-order valence-electron chi connectivity index (χ1n) is 26.9. The van der Waals surface area contributed by atoms with Crippen molar-refractivity contribution in [3.05, 3.63) is 0 Å². The van der Waals surface area contributed by atoms with E-state index in [1.165, 1.54) is 89.9 Å². The number of ether oxygens (including phenoxy) is 1. The maximum atomic E-state index is 13.7. The predicted molar refractivity (Wildman–Crippen MR) is 265 cm³/mol. The van der Waals surface area contributed by atoms with Crippen molar-refractivity contribution in [2.75, 3.05) is 105 Å². The Hall–Kier alpha value is -1.79. The highest BCUT2D eigenvalue weighted by atomic mass is 16.5. The molecule has 3 atom stereocenters. The molecular weight excluding hydrogens is 789 g/mol. The van der Waals surface area contributed by atoms with Crippen LogP contribution < -0.4 is 10.6 Å². The van der Waals surface area contributed by atoms with Crippen LogP contribution in [0.15, 0.2) is 0 Å². The average Bonchev–Trinajstić information content (AvgIpc) is 3.28. The molecule has 0 aromatic heterocycles. The molecule has 1 aliphatic rings. The number of carbonyl (C=O) groups excluding carboxylic acids is 3. The van der Waals surface area contributed by atoms with Crippen LogP contribution in [0.2, 0.25) is 0 Å². The van der Waals surface area contributed by atoms with E-state index in [2.05, 4.69) is 66.9 Å². The van der Waals surface area contributed by atoms with E-state index in [1.807, 2.05) is 4.90 Å². The summed E-state index contributed by atoms with van der Waals surface area (Å²) in [6.45, 7) is 22.9. The highest BCUT2D eigenvalue weighted by Crippen LogP contribution is 2.20. The molecule has 0 radical (unpaired) electrons. The lowest BCUT2D eigenvalue weighted by atomic mass is 9.95. The number of rotatable bonds is 44. The zero-order chi connectivity index (χ0) is 46.2. The van der Waals surface area contributed by atoms with Gasteiger partial charge < -0.3 is 20.5 Å². The summed E-state index contributed by atoms with van der Waals surface area (Å²) < 4.78 is 6.04. The molecular formula is C52H104N6O5. The van der Waals surface area contributed by atoms with Crippen molar-refractivity contribution < 1.29 is 24.2 Å². The Bertz CT molecular complexity index is 1030. The van der Waals surface area contributed by atoms with Gasteiger partial charge in [0.25, 0.3) is 0 Å². The summed E-state index contributed by atoms with van der Waals surface area (Å²) in [5.41, 5.74) is 0. The van der Waals surface area contributed by atoms with Crippen LogP contribution in [0.4, 0.5) is 0 Å². The van der Waals surface area contributed by atoms with E-state index in [0.29, 0.717) is 63.6 Å². The van der Waals surface area contributed by atoms with Gasteiger partial charge in [-0.3, -0.25) is 34.0 Å². The van der Waals surface area contributed by atoms with Crippen LogP contribution in [0.1, 0.15) is 196 Å². The summed E-state index contributed by atoms with van der Waals surface area (Å²) in [6, 6.07) is 0. The number of hydrogen-bond acceptors (Lipinski definition) is 9. The van der Waals surface area contributed by atoms with Gasteiger partial charge in [-0.25, -0.2) is 0 Å². The van der Waals surface area contributed by atoms with Crippen LogP contribution in [0.5, 0.6) is 0 Å². The molecule has 0 bridgehead atoms. The van der Waals surface area contributed by atoms with Crippen molar-refractivity contribution in [2.45, 2.75) is 196 Å². The molecule has 1 saturated heterocycles. The maximum Gasteiger partial charge on any atom is 0.320 e. The number of esters is 1. The molecule has 3 unspecified atom stereocenters. The number of hydrogen-bond donors (Lipinski definition) is 3. The normalized spacial score (nSPS) is 15.2. The van der Waals surface area contributed by atoms with Crippen LogP contribution in [0.3, 0.4) is 0 Å². The lowest BCUT2D eigenvalue weighted by Crippen LogP contribution is -2.50. The van der Waals surface area contributed by atoms with Crippen molar-refractivity contribution in [3.8, 4) is 0 Å². The van der Waals surface area contributed by atoms with Gasteiger partial charge in [0.1, 0.15) is 0 Å². The third kappa shape index (κ3) is 33.4. The van der Waals surface area contributed by atoms with Gasteiger partial charge in [0.2, 0.25) is 11.8 Å². The molecule has 11 heteroatoms. The van der Waals surface area contributed by atoms with Crippen LogP contribution in [0, 0.1) is 17.8 Å². The van der Waals surface area contributed by atoms with Gasteiger partial charge in [0.15, 0.2) is 0 Å². The second-order valence-electron chi connectivity index (χ2n) is 19.3. The fraction of sp³-hybridized carbons (Fsp3) is 0.942. The summed E-state index contributed by atoms with van der Waals surface area (Å²) in [5, 5.41) is 16.0. The number of piperazine rings is 1. The molecule has 0 aliphatic carbocycles. The van der Waals surface area contributed by atoms with E-state index in [0.717, 1.165) is 96.9 Å². The van der Waals surface area contributed by atoms with Crippen LogP contribution in [0.25, 0.3) is 0 Å². The summed E-state index contributed by atoms with van der Waals surface area (Å²) in [6.07, 6.45) is 28.5. The van der Waals surface area contributed by atoms with Crippen molar-refractivity contribution in [1.29, 1.82) is 0 Å². The Balaban J connectivity index is 3.14. The lowest BCUT2D eigenvalue weighted by Gasteiger charge is -2.35. The molecule has 2 amide bonds. The molecule has 1 aliphatic heterocycles. The Labute approximate surface area is 389 Å². The quantitative estimate of drug-likeness (QED) is 0.0407. The van der Waals surface area contributed by atoms with Gasteiger partial charge in [0.05, 0.1) is 32.8 Å². The zero-order valence-electron chi connectivity index (χ0n) is 42.4. The number of nitrogens with zero attached hydrogens (tertiary/aromatic N) is 4. The second-order valence-corrected chi connectivity index (χ2v) is 19.3. The number of amides is 2. The van der Waals surface area contributed by atoms with Crippen molar-refractivity contribution >= 4 is 17.8 Å². The third-order valence-electron chi connectivity index (χ3n) is 13.4. The van der Waals surface area contributed by atoms with E-state index in [1.54, 1.807) is 0 Å². The van der Waals surface area contributed by atoms with Crippen molar-refractivity contribution in [2.24, 2.45) is 17.8 Å². The van der Waals surface area contributed by atoms with Gasteiger partial charge in [-0.1, -0.05) is 157 Å². The van der Waals surface area contributed by atoms with E-state index in [9.17, 15) is 19.5 Å². The largest absolute Gasteiger partial charge is 0.464 e. The number of nitrogens with one attached hydrogen (secondary N) is 2. The predicted octanol–water partition coefficient (Wildman–Crippen LogP) is 9.31. The molecule has 1 heterocycles. The molecule has 3 N–H and O–H groups in total. The third-order valence-corrected chi connectivity index (χ3v) is 13.4. The van der Waals surface area contributed by atoms with E-state index in [4.69, 9.17) is 4.74 Å². The molecule has 0 spiro atoms. The molecule has 372 valence electrons. The molecule has 0 aromatic rings. The first-order valence-corrected chi connectivity index (χ1v) is 26.9. The average molecular weight is 893 g/mol. The Morgan fingerprint density at radius 2 is 0.889 bits per heavy atom. The topological polar surface area (TPSA) is 118 Å². The smallest absolute Gasteiger partial charge is 0.320 e. The van der Waals surface area contributed by atoms with Gasteiger partial charge in [0, 0.05) is 72.0 Å². The summed E-state index contributed by atoms with van der Waals surface area (Å²) >= 11 is 0. The molecule has 1 rings (SSSR count). The van der Waals surface area contributed by atoms with Crippen molar-refractivity contribution in [1.82, 2.24) is 30.2 Å². The Kier molecular flexibility index (Phi) is 39.1. The van der Waals surface area contributed by atoms with Gasteiger partial charge >= 0.3 is 5.97 Å². The SMILES string of the molecule is CCCCCCC(CCCC)CNC(=O)CN(CCN(CCN1CCN(CCO)CC1)CC(=O)OCC(CCCC)CCCCCC)CC(=O)NCC(CCCC)CCCCCC. The van der Waals surface area contributed by atoms with E-state index >= 15 is 0 Å². The summed E-state index contributed by atoms with van der Waals surface area (Å²) in [7, 11) is 0. The molecule has 1 fully saturated rings. The van der Waals surface area contributed by atoms with E-state index < -0.39 is 0 Å². The minimum Gasteiger partial charge on any atom is -0.464 e. The molecule has 0 saturated carbocycles. The van der Waals surface area contributed by atoms with Crippen LogP contribution in [-0.2, 0) is 19.1 Å². The second kappa shape index (κ2) is 41.6. The monoisotopic (exact) mass is 893 g/mol. The highest BCUT2D eigenvalue weighted by Gasteiger charge is 2.23. The zero-order valence-corrected chi connectivity index (χ0v) is 42.4. The number of carbonyl (C=O) groups is 3. The summed E-state index contributed by atoms with van der Waals surface area (Å²) in [5.74, 6) is 1.11. The number of β-amino-alcohol motifs (C(OH)–C–C–N with tert-alkyl or cyclic N) is 1. The van der Waals surface area contributed by atoms with Gasteiger partial charge in [-0.2, -0.15) is 0 Å². The summed E-state index contributed by atoms with van der Waals surface area (Å²) in [4.78, 5) is 49.9. The minimum atomic E-state index is -0.186. The molecule has 11 nitrogen and oxygen atoms in total. The minimum absolute atomic E-state index is 0.0293. The highest BCUT2D eigenvalue weighted by molar-refractivity contribution is 5.81. The van der Waals surface area contributed by atoms with E-state index in [-0.39, 0.29) is 44.0 Å². The lowest BCUT2D eigenvalue weighted by molar-refractivity contribution is -0.146. The number of aliphatic hydroxyl groups excluding tert-OH is 1. The van der Waals surface area contributed by atoms with Crippen molar-refractivity contribution in [3.63, 3.8) is 0 Å².